The summed E-state index contributed by atoms with van der Waals surface area (Å²) < 4.78 is 49.5. The molecule has 0 saturated heterocycles. The number of aromatic nitrogens is 1. The summed E-state index contributed by atoms with van der Waals surface area (Å²) in [5.41, 5.74) is 1.34. The standard InChI is InChI=1S/C24H25N3O7S/c1-31-20-5-3-16(11-22(20)32-2)7-8-26-24(28)17-12-18(15-25-14-17)27-35(29,30)19-4-6-21-23(13-19)34-10-9-33-21/h3-6,11-15,27H,7-10H2,1-2H3,(H,26,28). The van der Waals surface area contributed by atoms with Crippen LogP contribution in [-0.2, 0) is 16.4 Å². The number of anilines is 1. The predicted octanol–water partition coefficient (Wildman–Crippen LogP) is 2.64. The molecular weight excluding hydrogens is 474 g/mol. The number of hydrogen-bond acceptors (Lipinski definition) is 8. The van der Waals surface area contributed by atoms with E-state index in [4.69, 9.17) is 18.9 Å². The highest BCUT2D eigenvalue weighted by atomic mass is 32.2. The first-order chi connectivity index (χ1) is 16.9. The van der Waals surface area contributed by atoms with Crippen molar-refractivity contribution in [1.29, 1.82) is 0 Å². The number of carbonyl (C=O) groups is 1. The maximum absolute atomic E-state index is 12.8. The number of sulfonamides is 1. The largest absolute Gasteiger partial charge is 0.493 e. The second kappa shape index (κ2) is 10.5. The summed E-state index contributed by atoms with van der Waals surface area (Å²) in [6.07, 6.45) is 3.26. The first-order valence-corrected chi connectivity index (χ1v) is 12.2. The Kier molecular flexibility index (Phi) is 7.25. The van der Waals surface area contributed by atoms with Gasteiger partial charge in [-0.15, -0.1) is 0 Å². The van der Waals surface area contributed by atoms with Gasteiger partial charge in [-0.25, -0.2) is 8.42 Å². The first-order valence-electron chi connectivity index (χ1n) is 10.8. The van der Waals surface area contributed by atoms with Crippen molar-refractivity contribution < 1.29 is 32.2 Å². The molecule has 0 aliphatic carbocycles. The smallest absolute Gasteiger partial charge is 0.262 e. The number of nitrogens with one attached hydrogen (secondary N) is 2. The molecule has 1 aliphatic heterocycles. The van der Waals surface area contributed by atoms with Crippen molar-refractivity contribution >= 4 is 21.6 Å². The molecule has 0 fully saturated rings. The van der Waals surface area contributed by atoms with E-state index in [0.717, 1.165) is 5.56 Å². The molecule has 10 nitrogen and oxygen atoms in total. The topological polar surface area (TPSA) is 125 Å². The lowest BCUT2D eigenvalue weighted by molar-refractivity contribution is 0.0954. The Morgan fingerprint density at radius 2 is 1.74 bits per heavy atom. The van der Waals surface area contributed by atoms with E-state index in [1.807, 2.05) is 12.1 Å². The third-order valence-corrected chi connectivity index (χ3v) is 6.60. The van der Waals surface area contributed by atoms with Gasteiger partial charge in [-0.05, 0) is 42.3 Å². The molecule has 4 rings (SSSR count). The molecule has 1 amide bonds. The SMILES string of the molecule is COc1ccc(CCNC(=O)c2cncc(NS(=O)(=O)c3ccc4c(c3)OCCO4)c2)cc1OC. The maximum Gasteiger partial charge on any atom is 0.262 e. The molecular formula is C24H25N3O7S. The van der Waals surface area contributed by atoms with Crippen LogP contribution in [-0.4, -0.2) is 53.3 Å². The quantitative estimate of drug-likeness (QED) is 0.460. The first kappa shape index (κ1) is 24.1. The molecule has 0 atom stereocenters. The van der Waals surface area contributed by atoms with E-state index in [1.54, 1.807) is 26.4 Å². The van der Waals surface area contributed by atoms with Crippen molar-refractivity contribution in [3.63, 3.8) is 0 Å². The minimum Gasteiger partial charge on any atom is -0.493 e. The fraction of sp³-hybridized carbons (Fsp3) is 0.250. The van der Waals surface area contributed by atoms with Gasteiger partial charge in [-0.3, -0.25) is 14.5 Å². The number of fused-ring (bicyclic) bond motifs is 1. The van der Waals surface area contributed by atoms with Gasteiger partial charge in [0.25, 0.3) is 15.9 Å². The molecule has 0 unspecified atom stereocenters. The zero-order valence-corrected chi connectivity index (χ0v) is 20.1. The number of benzene rings is 2. The summed E-state index contributed by atoms with van der Waals surface area (Å²) in [6.45, 7) is 1.12. The Balaban J connectivity index is 1.39. The van der Waals surface area contributed by atoms with Crippen LogP contribution in [0.1, 0.15) is 15.9 Å². The maximum atomic E-state index is 12.8. The summed E-state index contributed by atoms with van der Waals surface area (Å²) in [4.78, 5) is 16.6. The fourth-order valence-electron chi connectivity index (χ4n) is 3.48. The van der Waals surface area contributed by atoms with Gasteiger partial charge >= 0.3 is 0 Å². The van der Waals surface area contributed by atoms with Crippen molar-refractivity contribution in [2.45, 2.75) is 11.3 Å². The Hall–Kier alpha value is -3.99. The highest BCUT2D eigenvalue weighted by Gasteiger charge is 2.20. The lowest BCUT2D eigenvalue weighted by Crippen LogP contribution is -2.26. The number of hydrogen-bond donors (Lipinski definition) is 2. The van der Waals surface area contributed by atoms with Gasteiger partial charge in [-0.2, -0.15) is 0 Å². The third-order valence-electron chi connectivity index (χ3n) is 5.22. The Morgan fingerprint density at radius 3 is 2.51 bits per heavy atom. The highest BCUT2D eigenvalue weighted by molar-refractivity contribution is 7.92. The molecule has 0 saturated carbocycles. The van der Waals surface area contributed by atoms with Crippen LogP contribution < -0.4 is 29.0 Å². The van der Waals surface area contributed by atoms with Gasteiger partial charge < -0.3 is 24.3 Å². The monoisotopic (exact) mass is 499 g/mol. The average molecular weight is 500 g/mol. The van der Waals surface area contributed by atoms with Crippen molar-refractivity contribution in [3.05, 3.63) is 66.0 Å². The van der Waals surface area contributed by atoms with E-state index >= 15 is 0 Å². The minimum absolute atomic E-state index is 0.00604. The number of methoxy groups -OCH3 is 2. The molecule has 0 radical (unpaired) electrons. The van der Waals surface area contributed by atoms with Crippen LogP contribution in [0.5, 0.6) is 23.0 Å². The predicted molar refractivity (Wildman–Crippen MR) is 128 cm³/mol. The number of rotatable bonds is 9. The van der Waals surface area contributed by atoms with E-state index in [-0.39, 0.29) is 22.1 Å². The lowest BCUT2D eigenvalue weighted by atomic mass is 10.1. The van der Waals surface area contributed by atoms with Crippen LogP contribution in [0.3, 0.4) is 0 Å². The van der Waals surface area contributed by atoms with Gasteiger partial charge in [-0.1, -0.05) is 6.07 Å². The van der Waals surface area contributed by atoms with Gasteiger partial charge in [0, 0.05) is 18.8 Å². The minimum atomic E-state index is -3.93. The molecule has 2 aromatic carbocycles. The van der Waals surface area contributed by atoms with E-state index in [2.05, 4.69) is 15.0 Å². The molecule has 0 bridgehead atoms. The van der Waals surface area contributed by atoms with E-state index in [1.165, 1.54) is 30.6 Å². The Bertz CT molecular complexity index is 1330. The van der Waals surface area contributed by atoms with Crippen molar-refractivity contribution in [2.24, 2.45) is 0 Å². The number of nitrogens with zero attached hydrogens (tertiary/aromatic N) is 1. The van der Waals surface area contributed by atoms with Crippen LogP contribution in [0.2, 0.25) is 0 Å². The summed E-state index contributed by atoms with van der Waals surface area (Å²) in [7, 11) is -0.807. The molecule has 184 valence electrons. The molecule has 3 aromatic rings. The summed E-state index contributed by atoms with van der Waals surface area (Å²) in [5.74, 6) is 1.71. The number of carbonyl (C=O) groups excluding carboxylic acids is 1. The van der Waals surface area contributed by atoms with Crippen LogP contribution in [0, 0.1) is 0 Å². The highest BCUT2D eigenvalue weighted by Crippen LogP contribution is 2.33. The summed E-state index contributed by atoms with van der Waals surface area (Å²) >= 11 is 0. The van der Waals surface area contributed by atoms with Gasteiger partial charge in [0.15, 0.2) is 23.0 Å². The van der Waals surface area contributed by atoms with Gasteiger partial charge in [0.1, 0.15) is 13.2 Å². The molecule has 0 spiro atoms. The fourth-order valence-corrected chi connectivity index (χ4v) is 4.53. The van der Waals surface area contributed by atoms with Crippen LogP contribution >= 0.6 is 0 Å². The second-order valence-electron chi connectivity index (χ2n) is 7.57. The van der Waals surface area contributed by atoms with E-state index in [9.17, 15) is 13.2 Å². The summed E-state index contributed by atoms with van der Waals surface area (Å²) in [5, 5.41) is 2.81. The van der Waals surface area contributed by atoms with E-state index in [0.29, 0.717) is 49.2 Å². The molecule has 11 heteroatoms. The van der Waals surface area contributed by atoms with Crippen LogP contribution in [0.15, 0.2) is 59.8 Å². The van der Waals surface area contributed by atoms with Gasteiger partial charge in [0.05, 0.1) is 36.6 Å². The van der Waals surface area contributed by atoms with E-state index < -0.39 is 10.0 Å². The van der Waals surface area contributed by atoms with Crippen molar-refractivity contribution in [3.8, 4) is 23.0 Å². The normalized spacial score (nSPS) is 12.5. The molecule has 35 heavy (non-hydrogen) atoms. The third kappa shape index (κ3) is 5.75. The zero-order valence-electron chi connectivity index (χ0n) is 19.2. The van der Waals surface area contributed by atoms with Crippen molar-refractivity contribution in [1.82, 2.24) is 10.3 Å². The Morgan fingerprint density at radius 1 is 0.971 bits per heavy atom. The summed E-state index contributed by atoms with van der Waals surface area (Å²) in [6, 6.07) is 11.3. The van der Waals surface area contributed by atoms with Crippen LogP contribution in [0.4, 0.5) is 5.69 Å². The number of ether oxygens (including phenoxy) is 4. The average Bonchev–Trinajstić information content (AvgIpc) is 2.88. The number of amides is 1. The van der Waals surface area contributed by atoms with Crippen molar-refractivity contribution in [2.75, 3.05) is 38.7 Å². The Labute approximate surface area is 203 Å². The molecule has 1 aliphatic rings. The number of pyridine rings is 1. The molecule has 2 N–H and O–H groups in total. The second-order valence-corrected chi connectivity index (χ2v) is 9.25. The van der Waals surface area contributed by atoms with Gasteiger partial charge in [0.2, 0.25) is 0 Å². The molecule has 1 aromatic heterocycles. The lowest BCUT2D eigenvalue weighted by Gasteiger charge is -2.19. The van der Waals surface area contributed by atoms with Crippen LogP contribution in [0.25, 0.3) is 0 Å². The molecule has 2 heterocycles. The zero-order chi connectivity index (χ0) is 24.8.